The lowest BCUT2D eigenvalue weighted by Gasteiger charge is -2.15. The lowest BCUT2D eigenvalue weighted by molar-refractivity contribution is 0.414. The van der Waals surface area contributed by atoms with E-state index < -0.39 is 0 Å². The van der Waals surface area contributed by atoms with Crippen LogP contribution in [0.1, 0.15) is 5.56 Å². The SMILES string of the molecule is COc1ccc(CCn2c(-c3ccc(N(C)C)cc3)nc(-c3ccccc3)c2-c2ccccc2)cc1. The number of aromatic nitrogens is 2. The Labute approximate surface area is 213 Å². The first-order valence-corrected chi connectivity index (χ1v) is 12.3. The Kier molecular flexibility index (Phi) is 6.85. The van der Waals surface area contributed by atoms with Crippen LogP contribution in [0.15, 0.2) is 109 Å². The molecule has 5 aromatic rings. The number of nitrogens with zero attached hydrogens (tertiary/aromatic N) is 3. The smallest absolute Gasteiger partial charge is 0.141 e. The van der Waals surface area contributed by atoms with Crippen molar-refractivity contribution < 1.29 is 4.74 Å². The van der Waals surface area contributed by atoms with E-state index in [1.54, 1.807) is 7.11 Å². The molecule has 0 radical (unpaired) electrons. The predicted molar refractivity (Wildman–Crippen MR) is 150 cm³/mol. The molecular formula is C32H31N3O. The van der Waals surface area contributed by atoms with Gasteiger partial charge in [-0.1, -0.05) is 72.8 Å². The van der Waals surface area contributed by atoms with E-state index in [-0.39, 0.29) is 0 Å². The Bertz CT molecular complexity index is 1400. The van der Waals surface area contributed by atoms with Crippen LogP contribution in [0.25, 0.3) is 33.9 Å². The van der Waals surface area contributed by atoms with Gasteiger partial charge in [-0.05, 0) is 48.4 Å². The molecule has 0 unspecified atom stereocenters. The molecule has 1 aromatic heterocycles. The number of rotatable bonds is 8. The number of ether oxygens (including phenoxy) is 1. The molecule has 0 N–H and O–H groups in total. The first-order chi connectivity index (χ1) is 17.6. The fourth-order valence-electron chi connectivity index (χ4n) is 4.52. The average molecular weight is 474 g/mol. The van der Waals surface area contributed by atoms with Crippen LogP contribution in [0.4, 0.5) is 5.69 Å². The summed E-state index contributed by atoms with van der Waals surface area (Å²) in [5.41, 5.74) is 7.96. The number of aryl methyl sites for hydroxylation is 1. The van der Waals surface area contributed by atoms with Gasteiger partial charge >= 0.3 is 0 Å². The molecule has 4 heteroatoms. The maximum absolute atomic E-state index is 5.35. The monoisotopic (exact) mass is 473 g/mol. The lowest BCUT2D eigenvalue weighted by atomic mass is 10.0. The zero-order valence-electron chi connectivity index (χ0n) is 21.1. The molecule has 1 heterocycles. The Morgan fingerprint density at radius 1 is 0.694 bits per heavy atom. The molecule has 0 saturated carbocycles. The Morgan fingerprint density at radius 2 is 1.31 bits per heavy atom. The van der Waals surface area contributed by atoms with Crippen molar-refractivity contribution >= 4 is 5.69 Å². The zero-order chi connectivity index (χ0) is 24.9. The van der Waals surface area contributed by atoms with Gasteiger partial charge in [0, 0.05) is 43.0 Å². The van der Waals surface area contributed by atoms with Gasteiger partial charge < -0.3 is 14.2 Å². The van der Waals surface area contributed by atoms with E-state index in [1.807, 2.05) is 18.2 Å². The minimum absolute atomic E-state index is 0.807. The maximum Gasteiger partial charge on any atom is 0.141 e. The molecule has 0 atom stereocenters. The third-order valence-electron chi connectivity index (χ3n) is 6.49. The van der Waals surface area contributed by atoms with Crippen molar-refractivity contribution in [2.24, 2.45) is 0 Å². The van der Waals surface area contributed by atoms with Crippen LogP contribution >= 0.6 is 0 Å². The molecule has 0 bridgehead atoms. The van der Waals surface area contributed by atoms with E-state index in [2.05, 4.69) is 115 Å². The zero-order valence-corrected chi connectivity index (χ0v) is 21.1. The van der Waals surface area contributed by atoms with Crippen molar-refractivity contribution in [3.8, 4) is 39.7 Å². The molecule has 180 valence electrons. The average Bonchev–Trinajstić information content (AvgIpc) is 3.32. The second-order valence-corrected chi connectivity index (χ2v) is 9.06. The first-order valence-electron chi connectivity index (χ1n) is 12.3. The van der Waals surface area contributed by atoms with E-state index in [0.29, 0.717) is 0 Å². The largest absolute Gasteiger partial charge is 0.497 e. The van der Waals surface area contributed by atoms with E-state index in [0.717, 1.165) is 52.6 Å². The molecular weight excluding hydrogens is 442 g/mol. The quantitative estimate of drug-likeness (QED) is 0.239. The minimum Gasteiger partial charge on any atom is -0.497 e. The van der Waals surface area contributed by atoms with Crippen LogP contribution in [0.3, 0.4) is 0 Å². The number of methoxy groups -OCH3 is 1. The number of benzene rings is 4. The van der Waals surface area contributed by atoms with Gasteiger partial charge in [-0.2, -0.15) is 0 Å². The van der Waals surface area contributed by atoms with E-state index in [9.17, 15) is 0 Å². The number of anilines is 1. The fourth-order valence-corrected chi connectivity index (χ4v) is 4.52. The van der Waals surface area contributed by atoms with E-state index in [1.165, 1.54) is 11.3 Å². The number of imidazole rings is 1. The van der Waals surface area contributed by atoms with Crippen LogP contribution in [-0.2, 0) is 13.0 Å². The van der Waals surface area contributed by atoms with Crippen LogP contribution in [0.2, 0.25) is 0 Å². The lowest BCUT2D eigenvalue weighted by Crippen LogP contribution is -2.08. The van der Waals surface area contributed by atoms with Gasteiger partial charge in [-0.15, -0.1) is 0 Å². The normalized spacial score (nSPS) is 10.9. The van der Waals surface area contributed by atoms with Crippen molar-refractivity contribution in [1.82, 2.24) is 9.55 Å². The molecule has 0 aliphatic heterocycles. The summed E-state index contributed by atoms with van der Waals surface area (Å²) in [5.74, 6) is 1.85. The summed E-state index contributed by atoms with van der Waals surface area (Å²) < 4.78 is 7.73. The minimum atomic E-state index is 0.807. The summed E-state index contributed by atoms with van der Waals surface area (Å²) in [6, 6.07) is 38.1. The summed E-state index contributed by atoms with van der Waals surface area (Å²) in [6.45, 7) is 0.807. The van der Waals surface area contributed by atoms with E-state index in [4.69, 9.17) is 9.72 Å². The number of hydrogen-bond donors (Lipinski definition) is 0. The molecule has 4 nitrogen and oxygen atoms in total. The van der Waals surface area contributed by atoms with Crippen molar-refractivity contribution in [2.75, 3.05) is 26.1 Å². The summed E-state index contributed by atoms with van der Waals surface area (Å²) >= 11 is 0. The Hall–Kier alpha value is -4.31. The van der Waals surface area contributed by atoms with Gasteiger partial charge in [0.25, 0.3) is 0 Å². The third kappa shape index (κ3) is 4.89. The van der Waals surface area contributed by atoms with Gasteiger partial charge in [0.1, 0.15) is 11.6 Å². The highest BCUT2D eigenvalue weighted by Gasteiger charge is 2.21. The van der Waals surface area contributed by atoms with Crippen molar-refractivity contribution in [3.63, 3.8) is 0 Å². The van der Waals surface area contributed by atoms with Crippen LogP contribution in [0, 0.1) is 0 Å². The second-order valence-electron chi connectivity index (χ2n) is 9.06. The fraction of sp³-hybridized carbons (Fsp3) is 0.156. The Balaban J connectivity index is 1.66. The molecule has 0 saturated heterocycles. The summed E-state index contributed by atoms with van der Waals surface area (Å²) in [4.78, 5) is 7.39. The van der Waals surface area contributed by atoms with Crippen molar-refractivity contribution in [3.05, 3.63) is 115 Å². The summed E-state index contributed by atoms with van der Waals surface area (Å²) in [5, 5.41) is 0. The van der Waals surface area contributed by atoms with Crippen molar-refractivity contribution in [1.29, 1.82) is 0 Å². The highest BCUT2D eigenvalue weighted by Crippen LogP contribution is 2.37. The van der Waals surface area contributed by atoms with Gasteiger partial charge in [0.2, 0.25) is 0 Å². The van der Waals surface area contributed by atoms with Gasteiger partial charge in [-0.3, -0.25) is 0 Å². The molecule has 36 heavy (non-hydrogen) atoms. The van der Waals surface area contributed by atoms with Gasteiger partial charge in [0.05, 0.1) is 18.5 Å². The van der Waals surface area contributed by atoms with Crippen LogP contribution in [-0.4, -0.2) is 30.8 Å². The van der Waals surface area contributed by atoms with Gasteiger partial charge in [-0.25, -0.2) is 4.98 Å². The molecule has 0 aliphatic carbocycles. The standard InChI is InChI=1S/C32H31N3O/c1-34(2)28-18-16-27(17-19-28)32-33-30(25-10-6-4-7-11-25)31(26-12-8-5-9-13-26)35(32)23-22-24-14-20-29(36-3)21-15-24/h4-21H,22-23H2,1-3H3. The molecule has 5 rings (SSSR count). The van der Waals surface area contributed by atoms with Crippen molar-refractivity contribution in [2.45, 2.75) is 13.0 Å². The molecule has 0 spiro atoms. The molecule has 4 aromatic carbocycles. The molecule has 0 fully saturated rings. The van der Waals surface area contributed by atoms with Crippen LogP contribution < -0.4 is 9.64 Å². The Morgan fingerprint density at radius 3 is 1.89 bits per heavy atom. The molecule has 0 amide bonds. The third-order valence-corrected chi connectivity index (χ3v) is 6.49. The van der Waals surface area contributed by atoms with Crippen LogP contribution in [0.5, 0.6) is 5.75 Å². The summed E-state index contributed by atoms with van der Waals surface area (Å²) in [7, 11) is 5.82. The summed E-state index contributed by atoms with van der Waals surface area (Å²) in [6.07, 6.45) is 0.886. The van der Waals surface area contributed by atoms with E-state index >= 15 is 0 Å². The highest BCUT2D eigenvalue weighted by atomic mass is 16.5. The first kappa shape index (κ1) is 23.4. The second kappa shape index (κ2) is 10.5. The highest BCUT2D eigenvalue weighted by molar-refractivity contribution is 5.82. The number of hydrogen-bond acceptors (Lipinski definition) is 3. The predicted octanol–water partition coefficient (Wildman–Crippen LogP) is 7.20. The maximum atomic E-state index is 5.35. The molecule has 0 aliphatic rings. The van der Waals surface area contributed by atoms with Gasteiger partial charge in [0.15, 0.2) is 0 Å². The topological polar surface area (TPSA) is 30.3 Å².